The molecule has 0 aliphatic heterocycles. The number of benzene rings is 1. The number of halogens is 1. The van der Waals surface area contributed by atoms with Crippen LogP contribution in [-0.4, -0.2) is 6.04 Å². The largest absolute Gasteiger partial charge is 0.399 e. The fourth-order valence-electron chi connectivity index (χ4n) is 1.82. The summed E-state index contributed by atoms with van der Waals surface area (Å²) in [5, 5.41) is 4.12. The summed E-state index contributed by atoms with van der Waals surface area (Å²) >= 11 is 6.12. The van der Waals surface area contributed by atoms with Crippen LogP contribution in [0, 0.1) is 5.92 Å². The Kier molecular flexibility index (Phi) is 5.63. The number of hydrogen-bond acceptors (Lipinski definition) is 2. The van der Waals surface area contributed by atoms with Crippen LogP contribution in [0.3, 0.4) is 0 Å². The van der Waals surface area contributed by atoms with Gasteiger partial charge in [0.15, 0.2) is 0 Å². The normalized spacial score (nSPS) is 12.8. The van der Waals surface area contributed by atoms with E-state index in [9.17, 15) is 0 Å². The maximum atomic E-state index is 6.12. The molecule has 1 aromatic carbocycles. The van der Waals surface area contributed by atoms with Crippen molar-refractivity contribution in [3.63, 3.8) is 0 Å². The van der Waals surface area contributed by atoms with Gasteiger partial charge in [-0.05, 0) is 37.5 Å². The first-order valence-corrected chi connectivity index (χ1v) is 6.68. The van der Waals surface area contributed by atoms with Crippen LogP contribution < -0.4 is 11.1 Å². The first-order chi connectivity index (χ1) is 7.99. The molecule has 0 aliphatic carbocycles. The summed E-state index contributed by atoms with van der Waals surface area (Å²) in [5.41, 5.74) is 7.33. The Balaban J connectivity index is 2.42. The number of nitrogens with two attached hydrogens (primary N) is 1. The molecule has 1 rings (SSSR count). The Bertz CT molecular complexity index is 350. The van der Waals surface area contributed by atoms with Crippen molar-refractivity contribution in [1.29, 1.82) is 0 Å². The molecular weight excluding hydrogens is 232 g/mol. The monoisotopic (exact) mass is 254 g/mol. The maximum absolute atomic E-state index is 6.12. The van der Waals surface area contributed by atoms with Gasteiger partial charge < -0.3 is 11.1 Å². The average Bonchev–Trinajstić information content (AvgIpc) is 2.21. The predicted octanol–water partition coefficient (Wildman–Crippen LogP) is 4.55. The van der Waals surface area contributed by atoms with E-state index in [4.69, 9.17) is 17.3 Å². The highest BCUT2D eigenvalue weighted by atomic mass is 35.5. The van der Waals surface area contributed by atoms with Gasteiger partial charge in [-0.1, -0.05) is 38.3 Å². The zero-order valence-corrected chi connectivity index (χ0v) is 11.7. The number of rotatable bonds is 6. The quantitative estimate of drug-likeness (QED) is 0.731. The first-order valence-electron chi connectivity index (χ1n) is 6.30. The smallest absolute Gasteiger partial charge is 0.0658 e. The van der Waals surface area contributed by atoms with E-state index in [1.807, 2.05) is 12.1 Å². The van der Waals surface area contributed by atoms with Crippen molar-refractivity contribution < 1.29 is 0 Å². The highest BCUT2D eigenvalue weighted by Crippen LogP contribution is 2.25. The van der Waals surface area contributed by atoms with E-state index in [2.05, 4.69) is 26.1 Å². The second-order valence-corrected chi connectivity index (χ2v) is 5.52. The summed E-state index contributed by atoms with van der Waals surface area (Å²) in [6.45, 7) is 6.71. The van der Waals surface area contributed by atoms with Crippen LogP contribution in [0.25, 0.3) is 0 Å². The molecule has 2 nitrogen and oxygen atoms in total. The molecule has 96 valence electrons. The molecule has 1 atom stereocenters. The summed E-state index contributed by atoms with van der Waals surface area (Å²) in [6, 6.07) is 6.03. The van der Waals surface area contributed by atoms with E-state index in [1.54, 1.807) is 6.07 Å². The summed E-state index contributed by atoms with van der Waals surface area (Å²) in [7, 11) is 0. The molecule has 0 radical (unpaired) electrons. The van der Waals surface area contributed by atoms with Crippen molar-refractivity contribution in [2.45, 2.75) is 46.1 Å². The topological polar surface area (TPSA) is 38.0 Å². The third kappa shape index (κ3) is 5.31. The van der Waals surface area contributed by atoms with E-state index in [-0.39, 0.29) is 0 Å². The van der Waals surface area contributed by atoms with Gasteiger partial charge in [0.2, 0.25) is 0 Å². The number of nitrogens with one attached hydrogen (secondary N) is 1. The standard InChI is InChI=1S/C14H23ClN2/c1-10(2)5-4-6-11(3)17-14-8-7-12(16)9-13(14)15/h7-11,17H,4-6,16H2,1-3H3. The molecule has 17 heavy (non-hydrogen) atoms. The van der Waals surface area contributed by atoms with Crippen LogP contribution in [0.15, 0.2) is 18.2 Å². The van der Waals surface area contributed by atoms with Gasteiger partial charge in [0.1, 0.15) is 0 Å². The lowest BCUT2D eigenvalue weighted by atomic mass is 10.0. The second-order valence-electron chi connectivity index (χ2n) is 5.11. The fourth-order valence-corrected chi connectivity index (χ4v) is 2.06. The average molecular weight is 255 g/mol. The van der Waals surface area contributed by atoms with Crippen LogP contribution in [0.4, 0.5) is 11.4 Å². The molecule has 1 unspecified atom stereocenters. The molecule has 0 amide bonds. The van der Waals surface area contributed by atoms with Crippen LogP contribution in [0.5, 0.6) is 0 Å². The van der Waals surface area contributed by atoms with E-state index in [0.29, 0.717) is 16.8 Å². The lowest BCUT2D eigenvalue weighted by Crippen LogP contribution is -2.15. The van der Waals surface area contributed by atoms with Crippen LogP contribution >= 0.6 is 11.6 Å². The van der Waals surface area contributed by atoms with Crippen molar-refractivity contribution in [2.24, 2.45) is 5.92 Å². The minimum absolute atomic E-state index is 0.440. The molecule has 0 aromatic heterocycles. The lowest BCUT2D eigenvalue weighted by Gasteiger charge is -2.17. The van der Waals surface area contributed by atoms with Gasteiger partial charge in [-0.2, -0.15) is 0 Å². The molecule has 1 aromatic rings. The van der Waals surface area contributed by atoms with Crippen molar-refractivity contribution in [3.8, 4) is 0 Å². The van der Waals surface area contributed by atoms with Crippen molar-refractivity contribution >= 4 is 23.0 Å². The van der Waals surface area contributed by atoms with Gasteiger partial charge in [-0.15, -0.1) is 0 Å². The zero-order chi connectivity index (χ0) is 12.8. The van der Waals surface area contributed by atoms with Gasteiger partial charge in [0.25, 0.3) is 0 Å². The molecule has 0 saturated heterocycles. The molecule has 0 fully saturated rings. The maximum Gasteiger partial charge on any atom is 0.0658 e. The highest BCUT2D eigenvalue weighted by Gasteiger charge is 2.06. The number of nitrogen functional groups attached to an aromatic ring is 1. The third-order valence-corrected chi connectivity index (χ3v) is 3.13. The van der Waals surface area contributed by atoms with E-state index < -0.39 is 0 Å². The van der Waals surface area contributed by atoms with E-state index in [0.717, 1.165) is 11.6 Å². The molecule has 0 heterocycles. The summed E-state index contributed by atoms with van der Waals surface area (Å²) in [6.07, 6.45) is 3.69. The SMILES string of the molecule is CC(C)CCCC(C)Nc1ccc(N)cc1Cl. The molecule has 3 N–H and O–H groups in total. The van der Waals surface area contributed by atoms with Gasteiger partial charge >= 0.3 is 0 Å². The van der Waals surface area contributed by atoms with Gasteiger partial charge in [0, 0.05) is 11.7 Å². The minimum atomic E-state index is 0.440. The molecule has 3 heteroatoms. The highest BCUT2D eigenvalue weighted by molar-refractivity contribution is 6.33. The van der Waals surface area contributed by atoms with Crippen LogP contribution in [-0.2, 0) is 0 Å². The first kappa shape index (κ1) is 14.2. The van der Waals surface area contributed by atoms with E-state index >= 15 is 0 Å². The molecule has 0 aliphatic rings. The lowest BCUT2D eigenvalue weighted by molar-refractivity contribution is 0.520. The Labute approximate surface area is 110 Å². The summed E-state index contributed by atoms with van der Waals surface area (Å²) in [4.78, 5) is 0. The van der Waals surface area contributed by atoms with Crippen molar-refractivity contribution in [2.75, 3.05) is 11.1 Å². The zero-order valence-electron chi connectivity index (χ0n) is 11.0. The van der Waals surface area contributed by atoms with Gasteiger partial charge in [0.05, 0.1) is 10.7 Å². The Hall–Kier alpha value is -0.890. The van der Waals surface area contributed by atoms with E-state index in [1.165, 1.54) is 19.3 Å². The Morgan fingerprint density at radius 1 is 1.24 bits per heavy atom. The Morgan fingerprint density at radius 3 is 2.53 bits per heavy atom. The summed E-state index contributed by atoms with van der Waals surface area (Å²) < 4.78 is 0. The van der Waals surface area contributed by atoms with Crippen LogP contribution in [0.1, 0.15) is 40.0 Å². The number of hydrogen-bond donors (Lipinski definition) is 2. The van der Waals surface area contributed by atoms with Crippen molar-refractivity contribution in [1.82, 2.24) is 0 Å². The second kappa shape index (κ2) is 6.75. The predicted molar refractivity (Wildman–Crippen MR) is 77.6 cm³/mol. The number of anilines is 2. The minimum Gasteiger partial charge on any atom is -0.399 e. The third-order valence-electron chi connectivity index (χ3n) is 2.81. The van der Waals surface area contributed by atoms with Gasteiger partial charge in [-0.25, -0.2) is 0 Å². The van der Waals surface area contributed by atoms with Crippen molar-refractivity contribution in [3.05, 3.63) is 23.2 Å². The molecule has 0 spiro atoms. The van der Waals surface area contributed by atoms with Crippen LogP contribution in [0.2, 0.25) is 5.02 Å². The Morgan fingerprint density at radius 2 is 1.94 bits per heavy atom. The molecule has 0 saturated carbocycles. The fraction of sp³-hybridized carbons (Fsp3) is 0.571. The molecule has 0 bridgehead atoms. The molecular formula is C14H23ClN2. The summed E-state index contributed by atoms with van der Waals surface area (Å²) in [5.74, 6) is 0.780. The van der Waals surface area contributed by atoms with Gasteiger partial charge in [-0.3, -0.25) is 0 Å².